The van der Waals surface area contributed by atoms with E-state index >= 15 is 0 Å². The Morgan fingerprint density at radius 3 is 1.40 bits per heavy atom. The van der Waals surface area contributed by atoms with Crippen LogP contribution in [0.4, 0.5) is 17.1 Å². The fourth-order valence-corrected chi connectivity index (χ4v) is 9.33. The Hall–Kier alpha value is -6.44. The van der Waals surface area contributed by atoms with Gasteiger partial charge in [0.05, 0.1) is 5.41 Å². The molecule has 252 valence electrons. The van der Waals surface area contributed by atoms with Gasteiger partial charge in [0, 0.05) is 17.1 Å². The van der Waals surface area contributed by atoms with Crippen molar-refractivity contribution in [2.24, 2.45) is 0 Å². The van der Waals surface area contributed by atoms with E-state index in [9.17, 15) is 0 Å². The molecule has 0 N–H and O–H groups in total. The Bertz CT molecular complexity index is 2650. The van der Waals surface area contributed by atoms with Gasteiger partial charge >= 0.3 is 0 Å². The zero-order valence-corrected chi connectivity index (χ0v) is 30.3. The topological polar surface area (TPSA) is 3.24 Å². The monoisotopic (exact) mass is 677 g/mol. The van der Waals surface area contributed by atoms with Crippen molar-refractivity contribution in [1.29, 1.82) is 0 Å². The molecule has 10 rings (SSSR count). The minimum absolute atomic E-state index is 0.405. The quantitative estimate of drug-likeness (QED) is 0.175. The van der Waals surface area contributed by atoms with Crippen molar-refractivity contribution in [3.8, 4) is 44.5 Å². The van der Waals surface area contributed by atoms with Gasteiger partial charge in [-0.3, -0.25) is 0 Å². The van der Waals surface area contributed by atoms with E-state index < -0.39 is 5.41 Å². The van der Waals surface area contributed by atoms with E-state index in [1.165, 1.54) is 89.1 Å². The summed E-state index contributed by atoms with van der Waals surface area (Å²) in [4.78, 5) is 2.47. The standard InChI is InChI=1S/C52H39N/c1-34-15-7-8-18-41(34)42-28-26-39(32-35(42)2)53(51-30-25-38(31-36(51)3)37-16-5-4-6-17-37)40-27-29-46-45-21-11-14-24-49(45)52(50(46)33-40)47-22-12-9-19-43(47)44-20-10-13-23-48(44)52/h4-33H,1-3H3. The number of rotatable bonds is 5. The first-order valence-electron chi connectivity index (χ1n) is 18.6. The summed E-state index contributed by atoms with van der Waals surface area (Å²) in [7, 11) is 0. The zero-order chi connectivity index (χ0) is 35.7. The van der Waals surface area contributed by atoms with Crippen LogP contribution in [-0.4, -0.2) is 0 Å². The third-order valence-electron chi connectivity index (χ3n) is 11.7. The van der Waals surface area contributed by atoms with E-state index in [1.807, 2.05) is 0 Å². The van der Waals surface area contributed by atoms with Crippen molar-refractivity contribution < 1.29 is 0 Å². The van der Waals surface area contributed by atoms with Crippen molar-refractivity contribution >= 4 is 17.1 Å². The average Bonchev–Trinajstić information content (AvgIpc) is 3.67. The van der Waals surface area contributed by atoms with Crippen molar-refractivity contribution in [3.63, 3.8) is 0 Å². The summed E-state index contributed by atoms with van der Waals surface area (Å²) in [5.41, 5.74) is 22.5. The van der Waals surface area contributed by atoms with E-state index in [2.05, 4.69) is 208 Å². The van der Waals surface area contributed by atoms with Gasteiger partial charge in [0.2, 0.25) is 0 Å². The average molecular weight is 678 g/mol. The highest BCUT2D eigenvalue weighted by Gasteiger charge is 2.51. The van der Waals surface area contributed by atoms with Crippen LogP contribution in [0.2, 0.25) is 0 Å². The molecule has 1 spiro atoms. The molecule has 1 nitrogen and oxygen atoms in total. The maximum Gasteiger partial charge on any atom is 0.0726 e. The first-order valence-corrected chi connectivity index (χ1v) is 18.6. The number of benzene rings is 8. The smallest absolute Gasteiger partial charge is 0.0726 e. The van der Waals surface area contributed by atoms with Crippen molar-refractivity contribution in [2.75, 3.05) is 4.90 Å². The molecule has 0 atom stereocenters. The Labute approximate surface area is 312 Å². The van der Waals surface area contributed by atoms with Gasteiger partial charge in [-0.05, 0) is 141 Å². The summed E-state index contributed by atoms with van der Waals surface area (Å²) >= 11 is 0. The molecule has 8 aromatic rings. The molecule has 0 aliphatic heterocycles. The van der Waals surface area contributed by atoms with Crippen LogP contribution in [0.1, 0.15) is 38.9 Å². The molecule has 2 aliphatic carbocycles. The van der Waals surface area contributed by atoms with Crippen LogP contribution < -0.4 is 4.90 Å². The highest BCUT2D eigenvalue weighted by Crippen LogP contribution is 2.63. The van der Waals surface area contributed by atoms with Gasteiger partial charge in [0.15, 0.2) is 0 Å². The number of nitrogens with zero attached hydrogens (tertiary/aromatic N) is 1. The van der Waals surface area contributed by atoms with Crippen LogP contribution in [0.25, 0.3) is 44.5 Å². The SMILES string of the molecule is Cc1ccccc1-c1ccc(N(c2ccc3c(c2)C2(c4ccccc4-c4ccccc42)c2ccccc2-3)c2ccc(-c3ccccc3)cc2C)cc1C. The fourth-order valence-electron chi connectivity index (χ4n) is 9.33. The predicted octanol–water partition coefficient (Wildman–Crippen LogP) is 13.8. The third kappa shape index (κ3) is 4.64. The molecule has 8 aromatic carbocycles. The predicted molar refractivity (Wildman–Crippen MR) is 223 cm³/mol. The molecule has 1 heteroatoms. The van der Waals surface area contributed by atoms with E-state index in [4.69, 9.17) is 0 Å². The van der Waals surface area contributed by atoms with Gasteiger partial charge < -0.3 is 4.90 Å². The molecule has 0 unspecified atom stereocenters. The summed E-state index contributed by atoms with van der Waals surface area (Å²) in [5, 5.41) is 0. The summed E-state index contributed by atoms with van der Waals surface area (Å²) in [6.45, 7) is 6.69. The second-order valence-corrected chi connectivity index (χ2v) is 14.6. The largest absolute Gasteiger partial charge is 0.310 e. The molecule has 2 aliphatic rings. The van der Waals surface area contributed by atoms with Crippen LogP contribution in [0.15, 0.2) is 182 Å². The van der Waals surface area contributed by atoms with Crippen molar-refractivity contribution in [2.45, 2.75) is 26.2 Å². The lowest BCUT2D eigenvalue weighted by Gasteiger charge is -2.33. The summed E-state index contributed by atoms with van der Waals surface area (Å²) in [6.07, 6.45) is 0. The number of hydrogen-bond acceptors (Lipinski definition) is 1. The second kappa shape index (κ2) is 12.1. The van der Waals surface area contributed by atoms with E-state index in [-0.39, 0.29) is 0 Å². The lowest BCUT2D eigenvalue weighted by atomic mass is 9.70. The molecule has 0 saturated carbocycles. The lowest BCUT2D eigenvalue weighted by molar-refractivity contribution is 0.793. The zero-order valence-electron chi connectivity index (χ0n) is 30.3. The Morgan fingerprint density at radius 2 is 0.811 bits per heavy atom. The van der Waals surface area contributed by atoms with Crippen LogP contribution >= 0.6 is 0 Å². The Balaban J connectivity index is 1.21. The number of anilines is 3. The maximum atomic E-state index is 2.49. The Kier molecular flexibility index (Phi) is 7.13. The van der Waals surface area contributed by atoms with Crippen LogP contribution in [-0.2, 0) is 5.41 Å². The molecule has 0 bridgehead atoms. The second-order valence-electron chi connectivity index (χ2n) is 14.6. The molecule has 53 heavy (non-hydrogen) atoms. The minimum Gasteiger partial charge on any atom is -0.310 e. The summed E-state index contributed by atoms with van der Waals surface area (Å²) < 4.78 is 0. The van der Waals surface area contributed by atoms with Gasteiger partial charge in [-0.25, -0.2) is 0 Å². The molecular formula is C52H39N. The molecule has 0 heterocycles. The molecule has 0 radical (unpaired) electrons. The van der Waals surface area contributed by atoms with E-state index in [1.54, 1.807) is 0 Å². The van der Waals surface area contributed by atoms with Gasteiger partial charge in [-0.15, -0.1) is 0 Å². The fraction of sp³-hybridized carbons (Fsp3) is 0.0769. The van der Waals surface area contributed by atoms with Crippen molar-refractivity contribution in [3.05, 3.63) is 221 Å². The lowest BCUT2D eigenvalue weighted by Crippen LogP contribution is -2.26. The molecule has 0 saturated heterocycles. The van der Waals surface area contributed by atoms with Gasteiger partial charge in [-0.1, -0.05) is 146 Å². The van der Waals surface area contributed by atoms with Crippen LogP contribution in [0, 0.1) is 20.8 Å². The van der Waals surface area contributed by atoms with Crippen LogP contribution in [0.3, 0.4) is 0 Å². The van der Waals surface area contributed by atoms with Crippen molar-refractivity contribution in [1.82, 2.24) is 0 Å². The van der Waals surface area contributed by atoms with Crippen LogP contribution in [0.5, 0.6) is 0 Å². The highest BCUT2D eigenvalue weighted by atomic mass is 15.1. The number of hydrogen-bond donors (Lipinski definition) is 0. The number of fused-ring (bicyclic) bond motifs is 10. The van der Waals surface area contributed by atoms with Gasteiger partial charge in [0.1, 0.15) is 0 Å². The molecule has 0 amide bonds. The van der Waals surface area contributed by atoms with Gasteiger partial charge in [0.25, 0.3) is 0 Å². The molecule has 0 aromatic heterocycles. The Morgan fingerprint density at radius 1 is 0.321 bits per heavy atom. The van der Waals surface area contributed by atoms with E-state index in [0.717, 1.165) is 11.4 Å². The maximum absolute atomic E-state index is 2.49. The minimum atomic E-state index is -0.405. The first kappa shape index (κ1) is 31.3. The summed E-state index contributed by atoms with van der Waals surface area (Å²) in [6, 6.07) is 67.6. The highest BCUT2D eigenvalue weighted by molar-refractivity contribution is 5.96. The normalized spacial score (nSPS) is 13.0. The molecule has 0 fully saturated rings. The summed E-state index contributed by atoms with van der Waals surface area (Å²) in [5.74, 6) is 0. The first-order chi connectivity index (χ1) is 26.0. The third-order valence-corrected chi connectivity index (χ3v) is 11.7. The number of aryl methyl sites for hydroxylation is 3. The molecular weight excluding hydrogens is 639 g/mol. The van der Waals surface area contributed by atoms with Gasteiger partial charge in [-0.2, -0.15) is 0 Å². The van der Waals surface area contributed by atoms with E-state index in [0.29, 0.717) is 0 Å².